The minimum atomic E-state index is -0.826. The number of aryl methyl sites for hydroxylation is 2. The molecule has 0 aromatic heterocycles. The third-order valence-electron chi connectivity index (χ3n) is 4.93. The number of hydrogen-bond acceptors (Lipinski definition) is 0. The maximum absolute atomic E-state index is 4.93. The van der Waals surface area contributed by atoms with E-state index in [0.717, 1.165) is 9.52 Å². The van der Waals surface area contributed by atoms with E-state index in [0.29, 0.717) is 0 Å². The van der Waals surface area contributed by atoms with Crippen molar-refractivity contribution in [3.05, 3.63) is 108 Å². The van der Waals surface area contributed by atoms with Crippen molar-refractivity contribution in [1.29, 1.82) is 0 Å². The van der Waals surface area contributed by atoms with E-state index in [1.165, 1.54) is 59.1 Å². The number of halogens is 2. The number of hydrogen-bond donors (Lipinski definition) is 0. The van der Waals surface area contributed by atoms with Crippen LogP contribution in [0.2, 0.25) is 13.1 Å². The third kappa shape index (κ3) is 12.5. The van der Waals surface area contributed by atoms with E-state index >= 15 is 0 Å². The molecule has 0 aliphatic carbocycles. The average Bonchev–Trinajstić information content (AvgIpc) is 3.53. The zero-order valence-corrected chi connectivity index (χ0v) is 26.0. The van der Waals surface area contributed by atoms with Gasteiger partial charge in [0.15, 0.2) is 0 Å². The summed E-state index contributed by atoms with van der Waals surface area (Å²) in [4.78, 5) is 0. The quantitative estimate of drug-likeness (QED) is 0.156. The molecule has 0 bridgehead atoms. The zero-order valence-electron chi connectivity index (χ0n) is 20.9. The second-order valence-corrected chi connectivity index (χ2v) is 12.8. The van der Waals surface area contributed by atoms with Crippen LogP contribution in [0.25, 0.3) is 22.3 Å². The first-order valence-corrected chi connectivity index (χ1v) is 20.6. The van der Waals surface area contributed by atoms with Gasteiger partial charge in [0.05, 0.1) is 0 Å². The number of benzene rings is 2. The van der Waals surface area contributed by atoms with Gasteiger partial charge in [0.2, 0.25) is 0 Å². The Kier molecular flexibility index (Phi) is 18.2. The second-order valence-electron chi connectivity index (χ2n) is 7.90. The Morgan fingerprint density at radius 1 is 0.676 bits per heavy atom. The summed E-state index contributed by atoms with van der Waals surface area (Å²) in [5, 5.41) is 0. The Labute approximate surface area is 228 Å². The minimum absolute atomic E-state index is 0.750. The summed E-state index contributed by atoms with van der Waals surface area (Å²) < 4.78 is 0. The summed E-state index contributed by atoms with van der Waals surface area (Å²) in [5.74, 6) is 0. The Hall–Kier alpha value is -1.18. The van der Waals surface area contributed by atoms with Gasteiger partial charge >= 0.3 is 37.9 Å². The molecular weight excluding hydrogens is 551 g/mol. The molecule has 0 spiro atoms. The number of rotatable bonds is 6. The van der Waals surface area contributed by atoms with E-state index in [2.05, 4.69) is 124 Å². The Balaban J connectivity index is 0.000000277. The van der Waals surface area contributed by atoms with Gasteiger partial charge in [-0.15, -0.1) is 34.4 Å². The molecule has 0 aliphatic rings. The Morgan fingerprint density at radius 2 is 1.00 bits per heavy atom. The first-order valence-electron chi connectivity index (χ1n) is 12.0. The van der Waals surface area contributed by atoms with Gasteiger partial charge in [-0.1, -0.05) is 113 Å². The van der Waals surface area contributed by atoms with Crippen molar-refractivity contribution in [1.82, 2.24) is 0 Å². The Bertz CT molecular complexity index is 895. The molecule has 0 nitrogen and oxygen atoms in total. The van der Waals surface area contributed by atoms with Gasteiger partial charge in [-0.05, 0) is 0 Å². The van der Waals surface area contributed by atoms with Crippen molar-refractivity contribution in [2.24, 2.45) is 0 Å². The molecule has 1 radical (unpaired) electrons. The molecular formula is C30H37Cl2SiZr. The van der Waals surface area contributed by atoms with Crippen LogP contribution in [-0.4, -0.2) is 9.52 Å². The van der Waals surface area contributed by atoms with Crippen LogP contribution in [0.1, 0.15) is 37.8 Å². The molecule has 0 saturated carbocycles. The van der Waals surface area contributed by atoms with Gasteiger partial charge in [0.25, 0.3) is 0 Å². The molecule has 0 amide bonds. The van der Waals surface area contributed by atoms with Crippen LogP contribution in [0.5, 0.6) is 0 Å². The fraction of sp³-hybridized carbons (Fsp3) is 0.267. The van der Waals surface area contributed by atoms with Crippen molar-refractivity contribution in [3.63, 3.8) is 0 Å². The molecule has 34 heavy (non-hydrogen) atoms. The van der Waals surface area contributed by atoms with Crippen LogP contribution in [0, 0.1) is 0 Å². The van der Waals surface area contributed by atoms with Gasteiger partial charge in [0, 0.05) is 9.52 Å². The fourth-order valence-electron chi connectivity index (χ4n) is 3.49. The Morgan fingerprint density at radius 3 is 1.29 bits per heavy atom. The average molecular weight is 588 g/mol. The molecule has 0 fully saturated rings. The topological polar surface area (TPSA) is 0 Å². The first kappa shape index (κ1) is 30.9. The van der Waals surface area contributed by atoms with E-state index in [-0.39, 0.29) is 0 Å². The van der Waals surface area contributed by atoms with Crippen LogP contribution in [0.15, 0.2) is 97.1 Å². The van der Waals surface area contributed by atoms with Crippen molar-refractivity contribution >= 4 is 26.5 Å². The first-order chi connectivity index (χ1) is 16.6. The summed E-state index contributed by atoms with van der Waals surface area (Å²) in [5.41, 5.74) is 8.21. The van der Waals surface area contributed by atoms with Gasteiger partial charge in [-0.2, -0.15) is 35.4 Å². The summed E-state index contributed by atoms with van der Waals surface area (Å²) in [6.45, 7) is 8.85. The molecule has 0 aliphatic heterocycles. The molecule has 0 saturated heterocycles. The summed E-state index contributed by atoms with van der Waals surface area (Å²) in [6, 6.07) is 34.5. The van der Waals surface area contributed by atoms with E-state index in [1.54, 1.807) is 0 Å². The van der Waals surface area contributed by atoms with Gasteiger partial charge in [0.1, 0.15) is 0 Å². The maximum atomic E-state index is 4.93. The van der Waals surface area contributed by atoms with E-state index in [1.807, 2.05) is 0 Å². The zero-order chi connectivity index (χ0) is 25.0. The monoisotopic (exact) mass is 585 g/mol. The summed E-state index contributed by atoms with van der Waals surface area (Å²) in [6.07, 6.45) is 4.82. The van der Waals surface area contributed by atoms with E-state index < -0.39 is 20.8 Å². The predicted molar refractivity (Wildman–Crippen MR) is 154 cm³/mol. The van der Waals surface area contributed by atoms with Crippen molar-refractivity contribution in [2.75, 3.05) is 0 Å². The molecule has 179 valence electrons. The molecule has 0 unspecified atom stereocenters. The second kappa shape index (κ2) is 20.1. The third-order valence-corrected chi connectivity index (χ3v) is 4.93. The standard InChI is InChI=1S/2C14H15.C2H7Si.2ClH.Zr/c2*1-2-6-12-9-10-14(11-12)13-7-4-3-5-8-13;1-3-2;;;/h2*3-5,7-11H,2,6H2,1H3;3H,1-2H3;2*1H;/q2*-1;;;;+4/p-2. The van der Waals surface area contributed by atoms with E-state index in [9.17, 15) is 0 Å². The molecule has 0 N–H and O–H groups in total. The molecule has 0 atom stereocenters. The molecule has 4 aromatic carbocycles. The van der Waals surface area contributed by atoms with Gasteiger partial charge in [-0.25, -0.2) is 0 Å². The fourth-order valence-corrected chi connectivity index (χ4v) is 3.49. The van der Waals surface area contributed by atoms with Crippen LogP contribution in [0.3, 0.4) is 0 Å². The predicted octanol–water partition coefficient (Wildman–Crippen LogP) is 9.95. The molecule has 4 rings (SSSR count). The molecule has 4 heteroatoms. The SMILES string of the molecule is CCCc1c[cH-]c(-c2ccccc2)c1.CCCc1c[cH-]c(-c2ccccc2)c1.C[SiH]C.[Cl][Zr+2][Cl]. The molecule has 4 aromatic rings. The van der Waals surface area contributed by atoms with Crippen molar-refractivity contribution in [3.8, 4) is 22.3 Å². The summed E-state index contributed by atoms with van der Waals surface area (Å²) >= 11 is -0.826. The van der Waals surface area contributed by atoms with E-state index in [4.69, 9.17) is 17.0 Å². The van der Waals surface area contributed by atoms with Crippen LogP contribution < -0.4 is 0 Å². The van der Waals surface area contributed by atoms with Gasteiger partial charge in [-0.3, -0.25) is 0 Å². The van der Waals surface area contributed by atoms with Crippen molar-refractivity contribution < 1.29 is 20.8 Å². The van der Waals surface area contributed by atoms with Crippen molar-refractivity contribution in [2.45, 2.75) is 52.6 Å². The summed E-state index contributed by atoms with van der Waals surface area (Å²) in [7, 11) is 10.6. The normalized spacial score (nSPS) is 9.35. The van der Waals surface area contributed by atoms with Crippen LogP contribution in [-0.2, 0) is 33.7 Å². The van der Waals surface area contributed by atoms with Crippen LogP contribution >= 0.6 is 17.0 Å². The molecule has 0 heterocycles. The van der Waals surface area contributed by atoms with Crippen LogP contribution in [0.4, 0.5) is 0 Å². The van der Waals surface area contributed by atoms with Gasteiger partial charge < -0.3 is 0 Å².